The summed E-state index contributed by atoms with van der Waals surface area (Å²) < 4.78 is 6.54. The first kappa shape index (κ1) is 21.1. The molecule has 36 heavy (non-hydrogen) atoms. The first-order valence-corrected chi connectivity index (χ1v) is 12.6. The summed E-state index contributed by atoms with van der Waals surface area (Å²) >= 11 is 0. The molecule has 0 spiro atoms. The molecule has 2 unspecified atom stereocenters. The zero-order valence-corrected chi connectivity index (χ0v) is 19.8. The quantitative estimate of drug-likeness (QED) is 0.398. The maximum absolute atomic E-state index is 10.2. The molecule has 176 valence electrons. The van der Waals surface area contributed by atoms with Gasteiger partial charge in [-0.25, -0.2) is 0 Å². The zero-order chi connectivity index (χ0) is 24.2. The number of fused-ring (bicyclic) bond motifs is 5. The van der Waals surface area contributed by atoms with Gasteiger partial charge >= 0.3 is 0 Å². The monoisotopic (exact) mass is 470 g/mol. The number of phenolic OH excluding ortho intramolecular Hbond substituents is 1. The molecule has 2 N–H and O–H groups in total. The zero-order valence-electron chi connectivity index (χ0n) is 19.8. The Morgan fingerprint density at radius 2 is 1.75 bits per heavy atom. The third-order valence-corrected chi connectivity index (χ3v) is 7.84. The van der Waals surface area contributed by atoms with Crippen LogP contribution >= 0.6 is 0 Å². The summed E-state index contributed by atoms with van der Waals surface area (Å²) in [5, 5.41) is 22.4. The molecule has 4 aliphatic rings. The first-order valence-electron chi connectivity index (χ1n) is 12.6. The minimum atomic E-state index is 0.0397. The predicted molar refractivity (Wildman–Crippen MR) is 144 cm³/mol. The van der Waals surface area contributed by atoms with Crippen molar-refractivity contribution in [3.05, 3.63) is 136 Å². The number of aliphatic hydroxyl groups is 1. The summed E-state index contributed by atoms with van der Waals surface area (Å²) in [6.07, 6.45) is 15.3. The van der Waals surface area contributed by atoms with E-state index in [1.54, 1.807) is 12.1 Å². The second-order valence-electron chi connectivity index (χ2n) is 9.92. The topological polar surface area (TPSA) is 49.7 Å². The predicted octanol–water partition coefficient (Wildman–Crippen LogP) is 8.04. The molecule has 3 aliphatic carbocycles. The van der Waals surface area contributed by atoms with Crippen LogP contribution < -0.4 is 4.74 Å². The van der Waals surface area contributed by atoms with Crippen molar-refractivity contribution in [2.24, 2.45) is 5.92 Å². The summed E-state index contributed by atoms with van der Waals surface area (Å²) in [7, 11) is 0. The van der Waals surface area contributed by atoms with Crippen LogP contribution in [0.2, 0.25) is 0 Å². The van der Waals surface area contributed by atoms with Crippen molar-refractivity contribution in [3.8, 4) is 11.5 Å². The van der Waals surface area contributed by atoms with Crippen LogP contribution in [0, 0.1) is 5.92 Å². The highest BCUT2D eigenvalue weighted by atomic mass is 16.5. The fraction of sp³-hybridized carbons (Fsp3) is 0.152. The van der Waals surface area contributed by atoms with Gasteiger partial charge in [0, 0.05) is 23.0 Å². The molecular weight excluding hydrogens is 444 g/mol. The molecule has 0 bridgehead atoms. The van der Waals surface area contributed by atoms with E-state index < -0.39 is 0 Å². The highest BCUT2D eigenvalue weighted by Crippen LogP contribution is 2.54. The number of hydrogen-bond acceptors (Lipinski definition) is 3. The maximum atomic E-state index is 10.2. The molecule has 0 radical (unpaired) electrons. The van der Waals surface area contributed by atoms with Crippen molar-refractivity contribution in [2.75, 3.05) is 0 Å². The van der Waals surface area contributed by atoms with E-state index in [0.717, 1.165) is 47.1 Å². The molecule has 0 saturated carbocycles. The van der Waals surface area contributed by atoms with Gasteiger partial charge in [-0.3, -0.25) is 0 Å². The SMILES string of the molecule is OC1=CC2CC=C3Oc4ccc5cc(O)ccc5c4C(C4=CC=C(c5ccccc5)CC4)C3=C2C=C1. The van der Waals surface area contributed by atoms with E-state index in [9.17, 15) is 10.2 Å². The van der Waals surface area contributed by atoms with E-state index in [2.05, 4.69) is 54.6 Å². The van der Waals surface area contributed by atoms with Crippen molar-refractivity contribution in [3.63, 3.8) is 0 Å². The lowest BCUT2D eigenvalue weighted by molar-refractivity contribution is 0.390. The van der Waals surface area contributed by atoms with Gasteiger partial charge in [0.2, 0.25) is 0 Å². The summed E-state index contributed by atoms with van der Waals surface area (Å²) in [4.78, 5) is 0. The summed E-state index contributed by atoms with van der Waals surface area (Å²) in [5.41, 5.74) is 7.56. The Bertz CT molecular complexity index is 1590. The molecule has 0 amide bonds. The summed E-state index contributed by atoms with van der Waals surface area (Å²) in [6, 6.07) is 20.3. The van der Waals surface area contributed by atoms with E-state index in [1.165, 1.54) is 27.9 Å². The van der Waals surface area contributed by atoms with Gasteiger partial charge in [-0.1, -0.05) is 66.3 Å². The van der Waals surface area contributed by atoms with Crippen LogP contribution in [-0.2, 0) is 0 Å². The Balaban J connectivity index is 1.46. The Morgan fingerprint density at radius 1 is 0.861 bits per heavy atom. The summed E-state index contributed by atoms with van der Waals surface area (Å²) in [5.74, 6) is 2.57. The fourth-order valence-corrected chi connectivity index (χ4v) is 6.15. The van der Waals surface area contributed by atoms with Gasteiger partial charge in [0.25, 0.3) is 0 Å². The molecule has 1 heterocycles. The van der Waals surface area contributed by atoms with E-state index in [1.807, 2.05) is 30.3 Å². The Hall–Kier alpha value is -4.24. The molecule has 2 atom stereocenters. The molecular formula is C33H26O3. The molecule has 0 aromatic heterocycles. The second kappa shape index (κ2) is 8.17. The van der Waals surface area contributed by atoms with Crippen LogP contribution in [0.5, 0.6) is 11.5 Å². The van der Waals surface area contributed by atoms with Gasteiger partial charge in [0.05, 0.1) is 0 Å². The number of allylic oxidation sites excluding steroid dienone is 10. The molecule has 3 heteroatoms. The van der Waals surface area contributed by atoms with E-state index in [-0.39, 0.29) is 17.6 Å². The van der Waals surface area contributed by atoms with Gasteiger partial charge in [-0.2, -0.15) is 0 Å². The lowest BCUT2D eigenvalue weighted by Crippen LogP contribution is -2.25. The molecule has 7 rings (SSSR count). The van der Waals surface area contributed by atoms with Crippen LogP contribution in [0.25, 0.3) is 16.3 Å². The van der Waals surface area contributed by atoms with Crippen molar-refractivity contribution >= 4 is 16.3 Å². The lowest BCUT2D eigenvalue weighted by Gasteiger charge is -2.38. The molecule has 3 nitrogen and oxygen atoms in total. The van der Waals surface area contributed by atoms with Crippen molar-refractivity contribution in [1.82, 2.24) is 0 Å². The first-order chi connectivity index (χ1) is 17.7. The van der Waals surface area contributed by atoms with Crippen molar-refractivity contribution in [1.29, 1.82) is 0 Å². The van der Waals surface area contributed by atoms with Gasteiger partial charge in [0.15, 0.2) is 0 Å². The Morgan fingerprint density at radius 3 is 2.58 bits per heavy atom. The second-order valence-corrected chi connectivity index (χ2v) is 9.92. The average Bonchev–Trinajstić information content (AvgIpc) is 2.92. The highest BCUT2D eigenvalue weighted by Gasteiger charge is 2.39. The summed E-state index contributed by atoms with van der Waals surface area (Å²) in [6.45, 7) is 0. The third-order valence-electron chi connectivity index (χ3n) is 7.84. The van der Waals surface area contributed by atoms with Gasteiger partial charge in [-0.15, -0.1) is 0 Å². The molecule has 3 aromatic rings. The average molecular weight is 471 g/mol. The number of ether oxygens (including phenoxy) is 1. The van der Waals surface area contributed by atoms with Gasteiger partial charge in [-0.05, 0) is 83.2 Å². The number of aromatic hydroxyl groups is 1. The fourth-order valence-electron chi connectivity index (χ4n) is 6.15. The number of aliphatic hydroxyl groups excluding tert-OH is 1. The lowest BCUT2D eigenvalue weighted by atomic mass is 9.70. The number of hydrogen-bond donors (Lipinski definition) is 2. The van der Waals surface area contributed by atoms with Crippen LogP contribution in [0.3, 0.4) is 0 Å². The normalized spacial score (nSPS) is 22.4. The number of rotatable bonds is 2. The number of phenols is 1. The molecule has 0 fully saturated rings. The van der Waals surface area contributed by atoms with Crippen molar-refractivity contribution in [2.45, 2.75) is 25.2 Å². The van der Waals surface area contributed by atoms with Gasteiger partial charge < -0.3 is 14.9 Å². The molecule has 0 saturated heterocycles. The minimum absolute atomic E-state index is 0.0397. The molecule has 3 aromatic carbocycles. The Kier molecular flexibility index (Phi) is 4.78. The largest absolute Gasteiger partial charge is 0.508 e. The van der Waals surface area contributed by atoms with E-state index in [4.69, 9.17) is 4.74 Å². The smallest absolute Gasteiger partial charge is 0.132 e. The third kappa shape index (κ3) is 3.35. The van der Waals surface area contributed by atoms with Crippen LogP contribution in [0.15, 0.2) is 125 Å². The highest BCUT2D eigenvalue weighted by molar-refractivity contribution is 5.91. The minimum Gasteiger partial charge on any atom is -0.508 e. The molecule has 1 aliphatic heterocycles. The van der Waals surface area contributed by atoms with Gasteiger partial charge in [0.1, 0.15) is 23.0 Å². The van der Waals surface area contributed by atoms with E-state index in [0.29, 0.717) is 5.76 Å². The maximum Gasteiger partial charge on any atom is 0.132 e. The van der Waals surface area contributed by atoms with Crippen LogP contribution in [0.4, 0.5) is 0 Å². The standard InChI is InChI=1S/C33H26O3/c34-25-12-14-27-23(18-25)10-16-29-32(27)31(22-8-6-21(7-9-22)20-4-2-1-3-5-20)33-28-15-13-26(35)19-24(28)11-17-30(33)36-29/h1-6,8,10,12-19,24,31,34-35H,7,9,11H2. The van der Waals surface area contributed by atoms with E-state index >= 15 is 0 Å². The number of benzene rings is 3. The van der Waals surface area contributed by atoms with Crippen molar-refractivity contribution < 1.29 is 14.9 Å². The van der Waals surface area contributed by atoms with Crippen LogP contribution in [-0.4, -0.2) is 10.2 Å². The van der Waals surface area contributed by atoms with Crippen LogP contribution in [0.1, 0.15) is 36.3 Å². The Labute approximate surface area is 210 Å².